The van der Waals surface area contributed by atoms with Crippen molar-refractivity contribution in [1.82, 2.24) is 20.2 Å². The third-order valence-corrected chi connectivity index (χ3v) is 6.61. The third kappa shape index (κ3) is 4.19. The molecule has 2 aliphatic heterocycles. The Hall–Kier alpha value is -1.51. The summed E-state index contributed by atoms with van der Waals surface area (Å²) >= 11 is 3.16. The standard InChI is InChI=1S/C17H23N5OS2/c23-16(14-10-18-15(25-14)11-21-5-1-2-6-21)19-9-13-12-24-17(20-13)22-7-3-4-8-22/h10,12H,1-9,11H2,(H,19,23). The molecule has 4 rings (SSSR count). The lowest BCUT2D eigenvalue weighted by Crippen LogP contribution is -2.22. The van der Waals surface area contributed by atoms with Gasteiger partial charge in [-0.05, 0) is 38.8 Å². The van der Waals surface area contributed by atoms with E-state index in [9.17, 15) is 4.79 Å². The molecule has 1 amide bonds. The van der Waals surface area contributed by atoms with Gasteiger partial charge in [0.15, 0.2) is 5.13 Å². The first-order valence-electron chi connectivity index (χ1n) is 8.92. The van der Waals surface area contributed by atoms with Crippen molar-refractivity contribution in [2.75, 3.05) is 31.1 Å². The van der Waals surface area contributed by atoms with E-state index >= 15 is 0 Å². The van der Waals surface area contributed by atoms with Crippen LogP contribution in [0.15, 0.2) is 11.6 Å². The minimum atomic E-state index is -0.0547. The normalized spacial score (nSPS) is 18.2. The maximum absolute atomic E-state index is 12.3. The summed E-state index contributed by atoms with van der Waals surface area (Å²) in [7, 11) is 0. The number of carbonyl (C=O) groups is 1. The summed E-state index contributed by atoms with van der Waals surface area (Å²) in [5.74, 6) is -0.0547. The largest absolute Gasteiger partial charge is 0.348 e. The predicted molar refractivity (Wildman–Crippen MR) is 101 cm³/mol. The fraction of sp³-hybridized carbons (Fsp3) is 0.588. The van der Waals surface area contributed by atoms with Crippen LogP contribution in [0.5, 0.6) is 0 Å². The number of carbonyl (C=O) groups excluding carboxylic acids is 1. The van der Waals surface area contributed by atoms with Crippen LogP contribution in [-0.4, -0.2) is 47.0 Å². The molecule has 0 spiro atoms. The first-order valence-corrected chi connectivity index (χ1v) is 10.6. The maximum atomic E-state index is 12.3. The number of amides is 1. The van der Waals surface area contributed by atoms with Crippen molar-refractivity contribution in [2.24, 2.45) is 0 Å². The molecular formula is C17H23N5OS2. The molecule has 6 nitrogen and oxygen atoms in total. The monoisotopic (exact) mass is 377 g/mol. The second-order valence-corrected chi connectivity index (χ2v) is 8.55. The zero-order valence-corrected chi connectivity index (χ0v) is 15.9. The molecule has 1 N–H and O–H groups in total. The van der Waals surface area contributed by atoms with Gasteiger partial charge >= 0.3 is 0 Å². The van der Waals surface area contributed by atoms with Gasteiger partial charge in [-0.2, -0.15) is 0 Å². The predicted octanol–water partition coefficient (Wildman–Crippen LogP) is 2.73. The van der Waals surface area contributed by atoms with Gasteiger partial charge in [0.05, 0.1) is 25.0 Å². The topological polar surface area (TPSA) is 61.4 Å². The molecule has 134 valence electrons. The van der Waals surface area contributed by atoms with Crippen LogP contribution >= 0.6 is 22.7 Å². The van der Waals surface area contributed by atoms with Gasteiger partial charge in [-0.3, -0.25) is 9.69 Å². The minimum absolute atomic E-state index is 0.0547. The number of anilines is 1. The van der Waals surface area contributed by atoms with E-state index in [-0.39, 0.29) is 5.91 Å². The highest BCUT2D eigenvalue weighted by molar-refractivity contribution is 7.14. The van der Waals surface area contributed by atoms with Gasteiger partial charge in [-0.1, -0.05) is 0 Å². The Bertz CT molecular complexity index is 716. The number of hydrogen-bond donors (Lipinski definition) is 1. The highest BCUT2D eigenvalue weighted by Crippen LogP contribution is 2.24. The van der Waals surface area contributed by atoms with Crippen LogP contribution in [0, 0.1) is 0 Å². The highest BCUT2D eigenvalue weighted by atomic mass is 32.1. The van der Waals surface area contributed by atoms with E-state index in [2.05, 4.69) is 25.1 Å². The van der Waals surface area contributed by atoms with Crippen LogP contribution in [0.3, 0.4) is 0 Å². The fourth-order valence-electron chi connectivity index (χ4n) is 3.31. The van der Waals surface area contributed by atoms with Crippen LogP contribution in [0.4, 0.5) is 5.13 Å². The van der Waals surface area contributed by atoms with E-state index in [0.717, 1.165) is 48.6 Å². The number of nitrogens with zero attached hydrogens (tertiary/aromatic N) is 4. The van der Waals surface area contributed by atoms with Crippen molar-refractivity contribution >= 4 is 33.7 Å². The van der Waals surface area contributed by atoms with Crippen molar-refractivity contribution < 1.29 is 4.79 Å². The Morgan fingerprint density at radius 1 is 1.16 bits per heavy atom. The molecular weight excluding hydrogens is 354 g/mol. The van der Waals surface area contributed by atoms with E-state index in [1.165, 1.54) is 37.0 Å². The molecule has 2 fully saturated rings. The van der Waals surface area contributed by atoms with E-state index in [0.29, 0.717) is 11.4 Å². The van der Waals surface area contributed by atoms with Crippen molar-refractivity contribution in [1.29, 1.82) is 0 Å². The zero-order valence-electron chi connectivity index (χ0n) is 14.2. The van der Waals surface area contributed by atoms with Crippen molar-refractivity contribution in [3.8, 4) is 0 Å². The van der Waals surface area contributed by atoms with Gasteiger partial charge in [0.2, 0.25) is 0 Å². The van der Waals surface area contributed by atoms with Gasteiger partial charge in [0, 0.05) is 18.5 Å². The molecule has 2 aromatic rings. The summed E-state index contributed by atoms with van der Waals surface area (Å²) in [6.07, 6.45) is 6.73. The van der Waals surface area contributed by atoms with Crippen LogP contribution in [0.1, 0.15) is 46.1 Å². The molecule has 8 heteroatoms. The van der Waals surface area contributed by atoms with Crippen molar-refractivity contribution in [3.05, 3.63) is 27.2 Å². The molecule has 4 heterocycles. The Morgan fingerprint density at radius 3 is 2.72 bits per heavy atom. The second-order valence-electron chi connectivity index (χ2n) is 6.60. The molecule has 0 atom stereocenters. The van der Waals surface area contributed by atoms with Crippen molar-refractivity contribution in [2.45, 2.75) is 38.8 Å². The Morgan fingerprint density at radius 2 is 1.92 bits per heavy atom. The van der Waals surface area contributed by atoms with Crippen LogP contribution in [0.25, 0.3) is 0 Å². The van der Waals surface area contributed by atoms with Gasteiger partial charge < -0.3 is 10.2 Å². The zero-order chi connectivity index (χ0) is 17.1. The van der Waals surface area contributed by atoms with E-state index < -0.39 is 0 Å². The van der Waals surface area contributed by atoms with E-state index in [1.807, 2.05) is 5.38 Å². The second kappa shape index (κ2) is 7.80. The highest BCUT2D eigenvalue weighted by Gasteiger charge is 2.17. The Labute approximate surface area is 155 Å². The average molecular weight is 378 g/mol. The molecule has 0 aromatic carbocycles. The van der Waals surface area contributed by atoms with Crippen LogP contribution in [-0.2, 0) is 13.1 Å². The summed E-state index contributed by atoms with van der Waals surface area (Å²) in [5.41, 5.74) is 0.932. The van der Waals surface area contributed by atoms with Crippen LogP contribution < -0.4 is 10.2 Å². The Kier molecular flexibility index (Phi) is 5.28. The van der Waals surface area contributed by atoms with E-state index in [1.54, 1.807) is 17.5 Å². The number of hydrogen-bond acceptors (Lipinski definition) is 7. The lowest BCUT2D eigenvalue weighted by molar-refractivity contribution is 0.0954. The molecule has 0 saturated carbocycles. The lowest BCUT2D eigenvalue weighted by Gasteiger charge is -2.12. The number of thiazole rings is 2. The fourth-order valence-corrected chi connectivity index (χ4v) is 5.07. The Balaban J connectivity index is 1.29. The summed E-state index contributed by atoms with van der Waals surface area (Å²) in [6, 6.07) is 0. The van der Waals surface area contributed by atoms with Gasteiger partial charge in [0.25, 0.3) is 5.91 Å². The number of likely N-dealkylation sites (tertiary alicyclic amines) is 1. The lowest BCUT2D eigenvalue weighted by atomic mass is 10.4. The average Bonchev–Trinajstić information content (AvgIpc) is 3.39. The summed E-state index contributed by atoms with van der Waals surface area (Å²) in [5, 5.41) is 7.11. The summed E-state index contributed by atoms with van der Waals surface area (Å²) in [6.45, 7) is 5.82. The molecule has 0 aliphatic carbocycles. The maximum Gasteiger partial charge on any atom is 0.263 e. The quantitative estimate of drug-likeness (QED) is 0.839. The molecule has 2 aromatic heterocycles. The van der Waals surface area contributed by atoms with Crippen LogP contribution in [0.2, 0.25) is 0 Å². The summed E-state index contributed by atoms with van der Waals surface area (Å²) in [4.78, 5) is 26.8. The van der Waals surface area contributed by atoms with Crippen molar-refractivity contribution in [3.63, 3.8) is 0 Å². The first kappa shape index (κ1) is 16.9. The third-order valence-electron chi connectivity index (χ3n) is 4.68. The molecule has 2 aliphatic rings. The minimum Gasteiger partial charge on any atom is -0.348 e. The number of nitrogens with one attached hydrogen (secondary N) is 1. The SMILES string of the molecule is O=C(NCc1csc(N2CCCC2)n1)c1cnc(CN2CCCC2)s1. The number of rotatable bonds is 6. The van der Waals surface area contributed by atoms with Gasteiger partial charge in [-0.15, -0.1) is 22.7 Å². The smallest absolute Gasteiger partial charge is 0.263 e. The summed E-state index contributed by atoms with van der Waals surface area (Å²) < 4.78 is 0. The first-order chi connectivity index (χ1) is 12.3. The molecule has 25 heavy (non-hydrogen) atoms. The van der Waals surface area contributed by atoms with Gasteiger partial charge in [-0.25, -0.2) is 9.97 Å². The van der Waals surface area contributed by atoms with Gasteiger partial charge in [0.1, 0.15) is 9.88 Å². The number of aromatic nitrogens is 2. The van der Waals surface area contributed by atoms with E-state index in [4.69, 9.17) is 0 Å². The molecule has 0 radical (unpaired) electrons. The molecule has 2 saturated heterocycles. The molecule has 0 bridgehead atoms. The molecule has 0 unspecified atom stereocenters.